The van der Waals surface area contributed by atoms with Crippen LogP contribution in [0.15, 0.2) is 11.6 Å². The number of hydrogen-bond acceptors (Lipinski definition) is 3. The number of carbonyl (C=O) groups excluding carboxylic acids is 2. The number of Topliss-reactive ketones (excluding diaryl/α,β-unsaturated/α-hetero) is 1. The van der Waals surface area contributed by atoms with Gasteiger partial charge in [0, 0.05) is 12.2 Å². The molecule has 120 valence electrons. The fourth-order valence-corrected chi connectivity index (χ4v) is 3.05. The van der Waals surface area contributed by atoms with Crippen LogP contribution >= 0.6 is 0 Å². The topological polar surface area (TPSA) is 64.0 Å². The van der Waals surface area contributed by atoms with Gasteiger partial charge in [0.05, 0.1) is 11.3 Å². The Morgan fingerprint density at radius 3 is 2.68 bits per heavy atom. The summed E-state index contributed by atoms with van der Waals surface area (Å²) in [6.07, 6.45) is 8.11. The number of aromatic nitrogens is 2. The van der Waals surface area contributed by atoms with Gasteiger partial charge < -0.3 is 5.32 Å². The molecule has 1 aromatic rings. The summed E-state index contributed by atoms with van der Waals surface area (Å²) >= 11 is 0. The largest absolute Gasteiger partial charge is 0.354 e. The van der Waals surface area contributed by atoms with Gasteiger partial charge in [0.15, 0.2) is 5.78 Å². The molecule has 0 unspecified atom stereocenters. The predicted octanol–water partition coefficient (Wildman–Crippen LogP) is 2.71. The van der Waals surface area contributed by atoms with Crippen molar-refractivity contribution in [3.8, 4) is 0 Å². The van der Waals surface area contributed by atoms with Crippen LogP contribution in [0.1, 0.15) is 60.8 Å². The lowest BCUT2D eigenvalue weighted by Crippen LogP contribution is -2.29. The summed E-state index contributed by atoms with van der Waals surface area (Å²) in [6.45, 7) is 5.99. The van der Waals surface area contributed by atoms with Crippen LogP contribution in [0.2, 0.25) is 0 Å². The van der Waals surface area contributed by atoms with Gasteiger partial charge in [-0.15, -0.1) is 0 Å². The third-order valence-electron chi connectivity index (χ3n) is 4.18. The molecule has 1 amide bonds. The average Bonchev–Trinajstić information content (AvgIpc) is 2.74. The molecule has 0 saturated carbocycles. The molecule has 0 atom stereocenters. The summed E-state index contributed by atoms with van der Waals surface area (Å²) in [7, 11) is 0. The Morgan fingerprint density at radius 2 is 2.09 bits per heavy atom. The van der Waals surface area contributed by atoms with E-state index in [2.05, 4.69) is 16.5 Å². The van der Waals surface area contributed by atoms with E-state index in [1.165, 1.54) is 31.8 Å². The van der Waals surface area contributed by atoms with Gasteiger partial charge in [-0.2, -0.15) is 5.10 Å². The van der Waals surface area contributed by atoms with Crippen LogP contribution in [0.25, 0.3) is 0 Å². The molecular weight excluding hydrogens is 278 g/mol. The first-order valence-corrected chi connectivity index (χ1v) is 7.98. The summed E-state index contributed by atoms with van der Waals surface area (Å²) in [5.41, 5.74) is 3.52. The molecule has 0 spiro atoms. The van der Waals surface area contributed by atoms with E-state index >= 15 is 0 Å². The molecular formula is C17H25N3O2. The van der Waals surface area contributed by atoms with Gasteiger partial charge >= 0.3 is 0 Å². The SMILES string of the molecule is CC(=O)c1c(C)nn(CC(=O)NCCC2=CCCCC2)c1C. The number of carbonyl (C=O) groups is 2. The Hall–Kier alpha value is -1.91. The van der Waals surface area contributed by atoms with Crippen LogP contribution in [0.4, 0.5) is 0 Å². The summed E-state index contributed by atoms with van der Waals surface area (Å²) in [4.78, 5) is 23.6. The number of ketones is 1. The molecule has 0 aromatic carbocycles. The van der Waals surface area contributed by atoms with E-state index in [0.29, 0.717) is 17.8 Å². The van der Waals surface area contributed by atoms with E-state index in [9.17, 15) is 9.59 Å². The molecule has 1 aromatic heterocycles. The molecule has 1 N–H and O–H groups in total. The quantitative estimate of drug-likeness (QED) is 0.649. The van der Waals surface area contributed by atoms with Gasteiger partial charge in [0.1, 0.15) is 6.54 Å². The first-order valence-electron chi connectivity index (χ1n) is 7.98. The maximum Gasteiger partial charge on any atom is 0.241 e. The van der Waals surface area contributed by atoms with Crippen molar-refractivity contribution < 1.29 is 9.59 Å². The zero-order valence-corrected chi connectivity index (χ0v) is 13.7. The Kier molecular flexibility index (Phi) is 5.52. The first kappa shape index (κ1) is 16.5. The summed E-state index contributed by atoms with van der Waals surface area (Å²) < 4.78 is 1.61. The van der Waals surface area contributed by atoms with Gasteiger partial charge in [-0.1, -0.05) is 11.6 Å². The zero-order chi connectivity index (χ0) is 16.1. The van der Waals surface area contributed by atoms with E-state index in [0.717, 1.165) is 18.5 Å². The van der Waals surface area contributed by atoms with Crippen molar-refractivity contribution in [1.29, 1.82) is 0 Å². The Labute approximate surface area is 131 Å². The number of nitrogens with one attached hydrogen (secondary N) is 1. The lowest BCUT2D eigenvalue weighted by atomic mass is 9.97. The summed E-state index contributed by atoms with van der Waals surface area (Å²) in [6, 6.07) is 0. The van der Waals surface area contributed by atoms with Crippen molar-refractivity contribution >= 4 is 11.7 Å². The van der Waals surface area contributed by atoms with Crippen LogP contribution in [0.5, 0.6) is 0 Å². The molecule has 5 heteroatoms. The summed E-state index contributed by atoms with van der Waals surface area (Å²) in [5.74, 6) is -0.0667. The molecule has 0 radical (unpaired) electrons. The third kappa shape index (κ3) is 4.06. The number of hydrogen-bond donors (Lipinski definition) is 1. The van der Waals surface area contributed by atoms with Crippen molar-refractivity contribution in [2.75, 3.05) is 6.54 Å². The second-order valence-corrected chi connectivity index (χ2v) is 5.97. The maximum atomic E-state index is 12.0. The Balaban J connectivity index is 1.86. The standard InChI is InChI=1S/C17H25N3O2/c1-12-17(14(3)21)13(2)20(19-12)11-16(22)18-10-9-15-7-5-4-6-8-15/h7H,4-6,8-11H2,1-3H3,(H,18,22). The van der Waals surface area contributed by atoms with Crippen molar-refractivity contribution in [3.63, 3.8) is 0 Å². The molecule has 1 aliphatic rings. The highest BCUT2D eigenvalue weighted by Gasteiger charge is 2.16. The lowest BCUT2D eigenvalue weighted by Gasteiger charge is -2.13. The molecule has 1 aliphatic carbocycles. The van der Waals surface area contributed by atoms with Crippen LogP contribution in [-0.2, 0) is 11.3 Å². The van der Waals surface area contributed by atoms with Gasteiger partial charge in [-0.25, -0.2) is 0 Å². The minimum atomic E-state index is -0.0582. The number of nitrogens with zero attached hydrogens (tertiary/aromatic N) is 2. The van der Waals surface area contributed by atoms with Crippen LogP contribution in [-0.4, -0.2) is 28.0 Å². The number of rotatable bonds is 6. The minimum Gasteiger partial charge on any atom is -0.354 e. The predicted molar refractivity (Wildman–Crippen MR) is 85.9 cm³/mol. The molecule has 0 saturated heterocycles. The van der Waals surface area contributed by atoms with Gasteiger partial charge in [-0.3, -0.25) is 14.3 Å². The molecule has 5 nitrogen and oxygen atoms in total. The fourth-order valence-electron chi connectivity index (χ4n) is 3.05. The average molecular weight is 303 g/mol. The van der Waals surface area contributed by atoms with Gasteiger partial charge in [0.25, 0.3) is 0 Å². The molecule has 0 aliphatic heterocycles. The highest BCUT2D eigenvalue weighted by atomic mass is 16.2. The fraction of sp³-hybridized carbons (Fsp3) is 0.588. The van der Waals surface area contributed by atoms with Crippen molar-refractivity contribution in [2.24, 2.45) is 0 Å². The van der Waals surface area contributed by atoms with Crippen molar-refractivity contribution in [3.05, 3.63) is 28.6 Å². The maximum absolute atomic E-state index is 12.0. The van der Waals surface area contributed by atoms with Gasteiger partial charge in [-0.05, 0) is 52.9 Å². The van der Waals surface area contributed by atoms with E-state index in [-0.39, 0.29) is 18.2 Å². The summed E-state index contributed by atoms with van der Waals surface area (Å²) in [5, 5.41) is 7.23. The van der Waals surface area contributed by atoms with E-state index in [1.54, 1.807) is 11.6 Å². The second kappa shape index (κ2) is 7.38. The molecule has 2 rings (SSSR count). The van der Waals surface area contributed by atoms with E-state index in [4.69, 9.17) is 0 Å². The number of amides is 1. The zero-order valence-electron chi connectivity index (χ0n) is 13.7. The number of aryl methyl sites for hydroxylation is 1. The Bertz CT molecular complexity index is 599. The van der Waals surface area contributed by atoms with Crippen molar-refractivity contribution in [2.45, 2.75) is 59.4 Å². The minimum absolute atomic E-state index is 0.00843. The third-order valence-corrected chi connectivity index (χ3v) is 4.18. The molecule has 0 bridgehead atoms. The lowest BCUT2D eigenvalue weighted by molar-refractivity contribution is -0.121. The van der Waals surface area contributed by atoms with E-state index in [1.807, 2.05) is 6.92 Å². The van der Waals surface area contributed by atoms with Crippen LogP contribution in [0, 0.1) is 13.8 Å². The molecule has 0 fully saturated rings. The van der Waals surface area contributed by atoms with Crippen LogP contribution in [0.3, 0.4) is 0 Å². The highest BCUT2D eigenvalue weighted by Crippen LogP contribution is 2.19. The Morgan fingerprint density at radius 1 is 1.32 bits per heavy atom. The second-order valence-electron chi connectivity index (χ2n) is 5.97. The molecule has 1 heterocycles. The van der Waals surface area contributed by atoms with Crippen LogP contribution < -0.4 is 5.32 Å². The smallest absolute Gasteiger partial charge is 0.241 e. The van der Waals surface area contributed by atoms with E-state index < -0.39 is 0 Å². The first-order chi connectivity index (χ1) is 10.5. The number of allylic oxidation sites excluding steroid dienone is 1. The van der Waals surface area contributed by atoms with Crippen molar-refractivity contribution in [1.82, 2.24) is 15.1 Å². The highest BCUT2D eigenvalue weighted by molar-refractivity contribution is 5.96. The monoisotopic (exact) mass is 303 g/mol. The van der Waals surface area contributed by atoms with Gasteiger partial charge in [0.2, 0.25) is 5.91 Å². The molecule has 22 heavy (non-hydrogen) atoms. The normalized spacial score (nSPS) is 14.6.